The van der Waals surface area contributed by atoms with Gasteiger partial charge in [-0.2, -0.15) is 0 Å². The molecule has 0 spiro atoms. The van der Waals surface area contributed by atoms with E-state index in [1.807, 2.05) is 30.3 Å². The van der Waals surface area contributed by atoms with E-state index in [9.17, 15) is 0 Å². The number of benzene rings is 1. The second-order valence-electron chi connectivity index (χ2n) is 3.00. The second-order valence-corrected chi connectivity index (χ2v) is 3.00. The van der Waals surface area contributed by atoms with Gasteiger partial charge in [0.15, 0.2) is 0 Å². The summed E-state index contributed by atoms with van der Waals surface area (Å²) in [6.45, 7) is 0.855. The van der Waals surface area contributed by atoms with Crippen LogP contribution >= 0.6 is 12.4 Å². The third-order valence-electron chi connectivity index (χ3n) is 1.94. The highest BCUT2D eigenvalue weighted by Gasteiger charge is 2.12. The van der Waals surface area contributed by atoms with E-state index in [1.54, 1.807) is 0 Å². The van der Waals surface area contributed by atoms with Crippen molar-refractivity contribution in [1.82, 2.24) is 5.01 Å². The topological polar surface area (TPSA) is 47.7 Å². The van der Waals surface area contributed by atoms with E-state index in [1.165, 1.54) is 11.3 Å². The first-order chi connectivity index (χ1) is 6.86. The Hall–Kier alpha value is -1.39. The fourth-order valence-corrected chi connectivity index (χ4v) is 1.24. The van der Waals surface area contributed by atoms with Crippen molar-refractivity contribution in [3.63, 3.8) is 0 Å². The summed E-state index contributed by atoms with van der Waals surface area (Å²) in [6, 6.07) is 9.94. The molecule has 1 aromatic carbocycles. The third kappa shape index (κ3) is 3.04. The predicted octanol–water partition coefficient (Wildman–Crippen LogP) is 1.59. The molecule has 0 fully saturated rings. The van der Waals surface area contributed by atoms with Gasteiger partial charge in [-0.3, -0.25) is 5.01 Å². The molecular formula is C10H13ClN2O2. The molecule has 0 unspecified atom stereocenters. The normalized spacial score (nSPS) is 13.3. The maximum atomic E-state index is 5.77. The highest BCUT2D eigenvalue weighted by Crippen LogP contribution is 2.12. The lowest BCUT2D eigenvalue weighted by Gasteiger charge is -2.17. The fourth-order valence-electron chi connectivity index (χ4n) is 1.24. The molecule has 0 aliphatic carbocycles. The van der Waals surface area contributed by atoms with Crippen LogP contribution in [0.25, 0.3) is 0 Å². The molecule has 0 atom stereocenters. The Morgan fingerprint density at radius 1 is 1.27 bits per heavy atom. The van der Waals surface area contributed by atoms with Crippen LogP contribution in [0.3, 0.4) is 0 Å². The zero-order chi connectivity index (χ0) is 9.80. The number of hydrogen-bond donors (Lipinski definition) is 1. The first-order valence-electron chi connectivity index (χ1n) is 4.37. The molecule has 0 radical (unpaired) electrons. The van der Waals surface area contributed by atoms with E-state index in [4.69, 9.17) is 15.3 Å². The van der Waals surface area contributed by atoms with Gasteiger partial charge in [0.1, 0.15) is 6.26 Å². The molecule has 0 saturated heterocycles. The zero-order valence-electron chi connectivity index (χ0n) is 8.13. The molecule has 4 nitrogen and oxygen atoms in total. The van der Waals surface area contributed by atoms with Crippen molar-refractivity contribution in [1.29, 1.82) is 0 Å². The van der Waals surface area contributed by atoms with E-state index in [0.29, 0.717) is 12.4 Å². The summed E-state index contributed by atoms with van der Waals surface area (Å²) in [7, 11) is 0. The molecular weight excluding hydrogens is 216 g/mol. The minimum atomic E-state index is 0. The summed E-state index contributed by atoms with van der Waals surface area (Å²) in [4.78, 5) is 0. The Bertz CT molecular complexity index is 329. The van der Waals surface area contributed by atoms with Gasteiger partial charge in [0.25, 0.3) is 0 Å². The molecule has 0 bridgehead atoms. The standard InChI is InChI=1S/C10H12N2O2.ClH/c11-12(10-7-13-8-14-10)6-9-4-2-1-3-5-9;/h1-5,7H,6,8,11H2;1H. The lowest BCUT2D eigenvalue weighted by atomic mass is 10.2. The van der Waals surface area contributed by atoms with Crippen LogP contribution in [0.4, 0.5) is 0 Å². The van der Waals surface area contributed by atoms with E-state index in [2.05, 4.69) is 0 Å². The van der Waals surface area contributed by atoms with Crippen molar-refractivity contribution < 1.29 is 9.47 Å². The van der Waals surface area contributed by atoms with Crippen LogP contribution in [-0.2, 0) is 16.0 Å². The lowest BCUT2D eigenvalue weighted by Crippen LogP contribution is -2.29. The number of hydrazine groups is 1. The summed E-state index contributed by atoms with van der Waals surface area (Å²) in [5.74, 6) is 6.33. The maximum absolute atomic E-state index is 5.77. The van der Waals surface area contributed by atoms with Crippen molar-refractivity contribution in [3.8, 4) is 0 Å². The summed E-state index contributed by atoms with van der Waals surface area (Å²) < 4.78 is 10.0. The van der Waals surface area contributed by atoms with Crippen molar-refractivity contribution >= 4 is 12.4 Å². The number of ether oxygens (including phenoxy) is 2. The first-order valence-corrected chi connectivity index (χ1v) is 4.37. The van der Waals surface area contributed by atoms with Gasteiger partial charge < -0.3 is 9.47 Å². The minimum absolute atomic E-state index is 0. The Morgan fingerprint density at radius 3 is 2.60 bits per heavy atom. The Labute approximate surface area is 94.6 Å². The number of hydrogen-bond acceptors (Lipinski definition) is 4. The van der Waals surface area contributed by atoms with Gasteiger partial charge in [0.2, 0.25) is 12.7 Å². The molecule has 1 heterocycles. The van der Waals surface area contributed by atoms with Crippen molar-refractivity contribution in [2.75, 3.05) is 6.79 Å². The van der Waals surface area contributed by atoms with Crippen molar-refractivity contribution in [3.05, 3.63) is 48.0 Å². The Balaban J connectivity index is 0.00000112. The first kappa shape index (κ1) is 11.7. The van der Waals surface area contributed by atoms with Gasteiger partial charge in [-0.25, -0.2) is 5.84 Å². The highest BCUT2D eigenvalue weighted by atomic mass is 35.5. The van der Waals surface area contributed by atoms with Gasteiger partial charge in [-0.15, -0.1) is 12.4 Å². The SMILES string of the molecule is Cl.NN(Cc1ccccc1)C1=COCO1. The smallest absolute Gasteiger partial charge is 0.243 e. The average Bonchev–Trinajstić information content (AvgIpc) is 2.72. The number of rotatable bonds is 3. The quantitative estimate of drug-likeness (QED) is 0.631. The summed E-state index contributed by atoms with van der Waals surface area (Å²) in [6.07, 6.45) is 1.52. The molecule has 0 amide bonds. The van der Waals surface area contributed by atoms with E-state index in [0.717, 1.165) is 5.56 Å². The number of nitrogens with two attached hydrogens (primary N) is 1. The molecule has 0 aromatic heterocycles. The number of nitrogens with zero attached hydrogens (tertiary/aromatic N) is 1. The predicted molar refractivity (Wildman–Crippen MR) is 58.5 cm³/mol. The summed E-state index contributed by atoms with van der Waals surface area (Å²) in [5, 5.41) is 1.52. The van der Waals surface area contributed by atoms with Crippen LogP contribution in [-0.4, -0.2) is 11.8 Å². The second kappa shape index (κ2) is 5.48. The zero-order valence-corrected chi connectivity index (χ0v) is 8.94. The Morgan fingerprint density at radius 2 is 2.00 bits per heavy atom. The minimum Gasteiger partial charge on any atom is -0.459 e. The third-order valence-corrected chi connectivity index (χ3v) is 1.94. The van der Waals surface area contributed by atoms with Crippen LogP contribution < -0.4 is 5.84 Å². The Kier molecular flexibility index (Phi) is 4.27. The van der Waals surface area contributed by atoms with Crippen LogP contribution in [0, 0.1) is 0 Å². The lowest BCUT2D eigenvalue weighted by molar-refractivity contribution is 0.0465. The van der Waals surface area contributed by atoms with Gasteiger partial charge in [0, 0.05) is 0 Å². The molecule has 5 heteroatoms. The number of halogens is 1. The molecule has 1 aliphatic rings. The van der Waals surface area contributed by atoms with Crippen molar-refractivity contribution in [2.45, 2.75) is 6.54 Å². The molecule has 1 aliphatic heterocycles. The van der Waals surface area contributed by atoms with E-state index >= 15 is 0 Å². The monoisotopic (exact) mass is 228 g/mol. The molecule has 15 heavy (non-hydrogen) atoms. The summed E-state index contributed by atoms with van der Waals surface area (Å²) in [5.41, 5.74) is 1.13. The van der Waals surface area contributed by atoms with Crippen LogP contribution in [0.2, 0.25) is 0 Å². The fraction of sp³-hybridized carbons (Fsp3) is 0.200. The van der Waals surface area contributed by atoms with Gasteiger partial charge in [-0.1, -0.05) is 30.3 Å². The largest absolute Gasteiger partial charge is 0.459 e. The van der Waals surface area contributed by atoms with Gasteiger partial charge >= 0.3 is 0 Å². The molecule has 2 N–H and O–H groups in total. The average molecular weight is 229 g/mol. The van der Waals surface area contributed by atoms with Crippen LogP contribution in [0.5, 0.6) is 0 Å². The summed E-state index contributed by atoms with van der Waals surface area (Å²) >= 11 is 0. The van der Waals surface area contributed by atoms with E-state index < -0.39 is 0 Å². The molecule has 82 valence electrons. The molecule has 0 saturated carbocycles. The molecule has 2 rings (SSSR count). The molecule has 1 aromatic rings. The maximum Gasteiger partial charge on any atom is 0.243 e. The highest BCUT2D eigenvalue weighted by molar-refractivity contribution is 5.85. The van der Waals surface area contributed by atoms with Crippen LogP contribution in [0.15, 0.2) is 42.5 Å². The van der Waals surface area contributed by atoms with Gasteiger partial charge in [0.05, 0.1) is 6.54 Å². The van der Waals surface area contributed by atoms with E-state index in [-0.39, 0.29) is 19.2 Å². The van der Waals surface area contributed by atoms with Crippen LogP contribution in [0.1, 0.15) is 5.56 Å². The van der Waals surface area contributed by atoms with Gasteiger partial charge in [-0.05, 0) is 5.56 Å². The van der Waals surface area contributed by atoms with Crippen molar-refractivity contribution in [2.24, 2.45) is 5.84 Å².